The first kappa shape index (κ1) is 13.1. The quantitative estimate of drug-likeness (QED) is 0.780. The molecule has 0 aliphatic carbocycles. The lowest BCUT2D eigenvalue weighted by molar-refractivity contribution is 0.0878. The molecule has 2 heterocycles. The minimum absolute atomic E-state index is 0.0665. The van der Waals surface area contributed by atoms with Crippen LogP contribution in [-0.4, -0.2) is 27.6 Å². The molecule has 1 saturated heterocycles. The Morgan fingerprint density at radius 1 is 1.25 bits per heavy atom. The van der Waals surface area contributed by atoms with E-state index in [0.29, 0.717) is 12.2 Å². The molecule has 5 heteroatoms. The fourth-order valence-electron chi connectivity index (χ4n) is 2.90. The van der Waals surface area contributed by atoms with Crippen LogP contribution < -0.4 is 5.69 Å². The number of fused-ring (bicyclic) bond motifs is 1. The standard InChI is InChI=1S/C15H18N2O3/c1-9-6-11(8-20-9)14(18)10-4-5-12-13(7-10)17(3)15(19)16(12)2/h4-5,7,9,11H,6,8H2,1-3H3. The van der Waals surface area contributed by atoms with Gasteiger partial charge in [0, 0.05) is 25.6 Å². The molecule has 0 N–H and O–H groups in total. The predicted octanol–water partition coefficient (Wildman–Crippen LogP) is 1.48. The highest BCUT2D eigenvalue weighted by Crippen LogP contribution is 2.24. The molecule has 20 heavy (non-hydrogen) atoms. The van der Waals surface area contributed by atoms with E-state index in [1.54, 1.807) is 29.3 Å². The maximum Gasteiger partial charge on any atom is 0.328 e. The Kier molecular flexibility index (Phi) is 3.01. The fraction of sp³-hybridized carbons (Fsp3) is 0.467. The molecule has 5 nitrogen and oxygen atoms in total. The number of hydrogen-bond donors (Lipinski definition) is 0. The van der Waals surface area contributed by atoms with Gasteiger partial charge in [0.05, 0.1) is 23.7 Å². The molecule has 106 valence electrons. The van der Waals surface area contributed by atoms with Crippen LogP contribution in [0, 0.1) is 5.92 Å². The number of ether oxygens (including phenoxy) is 1. The molecular formula is C15H18N2O3. The summed E-state index contributed by atoms with van der Waals surface area (Å²) < 4.78 is 8.62. The summed E-state index contributed by atoms with van der Waals surface area (Å²) in [6, 6.07) is 5.44. The molecule has 0 amide bonds. The maximum absolute atomic E-state index is 12.5. The first-order chi connectivity index (χ1) is 9.49. The molecule has 0 radical (unpaired) electrons. The number of ketones is 1. The van der Waals surface area contributed by atoms with Crippen LogP contribution in [0.2, 0.25) is 0 Å². The Morgan fingerprint density at radius 3 is 2.60 bits per heavy atom. The van der Waals surface area contributed by atoms with Gasteiger partial charge in [0.15, 0.2) is 5.78 Å². The normalized spacial score (nSPS) is 22.6. The number of carbonyl (C=O) groups excluding carboxylic acids is 1. The zero-order valence-corrected chi connectivity index (χ0v) is 11.9. The van der Waals surface area contributed by atoms with E-state index in [1.165, 1.54) is 0 Å². The van der Waals surface area contributed by atoms with Crippen LogP contribution in [0.1, 0.15) is 23.7 Å². The van der Waals surface area contributed by atoms with Gasteiger partial charge >= 0.3 is 5.69 Å². The third-order valence-electron chi connectivity index (χ3n) is 4.13. The van der Waals surface area contributed by atoms with Crippen LogP contribution >= 0.6 is 0 Å². The third kappa shape index (κ3) is 1.89. The van der Waals surface area contributed by atoms with Gasteiger partial charge in [0.2, 0.25) is 0 Å². The maximum atomic E-state index is 12.5. The number of rotatable bonds is 2. The van der Waals surface area contributed by atoms with Crippen LogP contribution in [0.25, 0.3) is 11.0 Å². The summed E-state index contributed by atoms with van der Waals surface area (Å²) in [5.41, 5.74) is 2.20. The van der Waals surface area contributed by atoms with Gasteiger partial charge in [0.25, 0.3) is 0 Å². The van der Waals surface area contributed by atoms with Gasteiger partial charge in [-0.1, -0.05) is 0 Å². The highest BCUT2D eigenvalue weighted by molar-refractivity contribution is 6.00. The van der Waals surface area contributed by atoms with Gasteiger partial charge in [-0.05, 0) is 31.5 Å². The van der Waals surface area contributed by atoms with Crippen LogP contribution in [0.4, 0.5) is 0 Å². The van der Waals surface area contributed by atoms with Crippen molar-refractivity contribution in [1.29, 1.82) is 0 Å². The first-order valence-electron chi connectivity index (χ1n) is 6.80. The van der Waals surface area contributed by atoms with Crippen molar-refractivity contribution < 1.29 is 9.53 Å². The predicted molar refractivity (Wildman–Crippen MR) is 76.0 cm³/mol. The van der Waals surface area contributed by atoms with E-state index in [1.807, 2.05) is 19.1 Å². The summed E-state index contributed by atoms with van der Waals surface area (Å²) in [6.07, 6.45) is 0.915. The summed E-state index contributed by atoms with van der Waals surface area (Å²) in [7, 11) is 3.46. The van der Waals surface area contributed by atoms with E-state index in [-0.39, 0.29) is 23.5 Å². The third-order valence-corrected chi connectivity index (χ3v) is 4.13. The number of imidazole rings is 1. The van der Waals surface area contributed by atoms with Gasteiger partial charge in [-0.25, -0.2) is 4.79 Å². The molecule has 2 atom stereocenters. The van der Waals surface area contributed by atoms with Crippen molar-refractivity contribution >= 4 is 16.8 Å². The lowest BCUT2D eigenvalue weighted by atomic mass is 9.95. The summed E-state index contributed by atoms with van der Waals surface area (Å²) >= 11 is 0. The molecule has 0 saturated carbocycles. The Balaban J connectivity index is 2.03. The van der Waals surface area contributed by atoms with Crippen molar-refractivity contribution in [3.05, 3.63) is 34.2 Å². The molecule has 3 rings (SSSR count). The Labute approximate surface area is 116 Å². The van der Waals surface area contributed by atoms with Crippen LogP contribution in [0.3, 0.4) is 0 Å². The fourth-order valence-corrected chi connectivity index (χ4v) is 2.90. The number of carbonyl (C=O) groups is 1. The minimum atomic E-state index is -0.0811. The zero-order valence-electron chi connectivity index (χ0n) is 11.9. The summed E-state index contributed by atoms with van der Waals surface area (Å²) in [4.78, 5) is 24.4. The second-order valence-electron chi connectivity index (χ2n) is 5.54. The van der Waals surface area contributed by atoms with Gasteiger partial charge in [-0.3, -0.25) is 13.9 Å². The van der Waals surface area contributed by atoms with Crippen molar-refractivity contribution in [3.63, 3.8) is 0 Å². The molecule has 0 bridgehead atoms. The van der Waals surface area contributed by atoms with Crippen molar-refractivity contribution in [3.8, 4) is 0 Å². The number of hydrogen-bond acceptors (Lipinski definition) is 3. The molecule has 2 unspecified atom stereocenters. The first-order valence-corrected chi connectivity index (χ1v) is 6.80. The van der Waals surface area contributed by atoms with E-state index in [2.05, 4.69) is 0 Å². The largest absolute Gasteiger partial charge is 0.378 e. The second kappa shape index (κ2) is 4.59. The van der Waals surface area contributed by atoms with E-state index in [9.17, 15) is 9.59 Å². The van der Waals surface area contributed by atoms with E-state index < -0.39 is 0 Å². The average molecular weight is 274 g/mol. The summed E-state index contributed by atoms with van der Waals surface area (Å²) in [5.74, 6) is 0.0377. The van der Waals surface area contributed by atoms with Gasteiger partial charge < -0.3 is 4.74 Å². The van der Waals surface area contributed by atoms with Crippen LogP contribution in [-0.2, 0) is 18.8 Å². The van der Waals surface area contributed by atoms with Crippen molar-refractivity contribution in [2.24, 2.45) is 20.0 Å². The number of aryl methyl sites for hydroxylation is 2. The van der Waals surface area contributed by atoms with E-state index in [0.717, 1.165) is 17.5 Å². The second-order valence-corrected chi connectivity index (χ2v) is 5.54. The molecule has 2 aromatic rings. The number of aromatic nitrogens is 2. The van der Waals surface area contributed by atoms with Gasteiger partial charge in [-0.15, -0.1) is 0 Å². The molecule has 0 spiro atoms. The Hall–Kier alpha value is -1.88. The lowest BCUT2D eigenvalue weighted by Crippen LogP contribution is -2.19. The zero-order chi connectivity index (χ0) is 14.4. The number of Topliss-reactive ketones (excluding diaryl/α,β-unsaturated/α-hetero) is 1. The molecule has 1 aromatic heterocycles. The van der Waals surface area contributed by atoms with Crippen molar-refractivity contribution in [2.45, 2.75) is 19.4 Å². The molecular weight excluding hydrogens is 256 g/mol. The van der Waals surface area contributed by atoms with E-state index >= 15 is 0 Å². The van der Waals surface area contributed by atoms with Crippen LogP contribution in [0.5, 0.6) is 0 Å². The topological polar surface area (TPSA) is 53.2 Å². The summed E-state index contributed by atoms with van der Waals surface area (Å²) in [6.45, 7) is 2.48. The Morgan fingerprint density at radius 2 is 1.95 bits per heavy atom. The molecule has 1 fully saturated rings. The van der Waals surface area contributed by atoms with Crippen molar-refractivity contribution in [1.82, 2.24) is 9.13 Å². The molecule has 1 aromatic carbocycles. The summed E-state index contributed by atoms with van der Waals surface area (Å²) in [5, 5.41) is 0. The highest BCUT2D eigenvalue weighted by Gasteiger charge is 2.29. The minimum Gasteiger partial charge on any atom is -0.378 e. The average Bonchev–Trinajstić information content (AvgIpc) is 2.97. The van der Waals surface area contributed by atoms with Gasteiger partial charge in [0.1, 0.15) is 0 Å². The SMILES string of the molecule is CC1CC(C(=O)c2ccc3c(c2)n(C)c(=O)n3C)CO1. The van der Waals surface area contributed by atoms with Crippen molar-refractivity contribution in [2.75, 3.05) is 6.61 Å². The number of benzene rings is 1. The van der Waals surface area contributed by atoms with Gasteiger partial charge in [-0.2, -0.15) is 0 Å². The van der Waals surface area contributed by atoms with E-state index in [4.69, 9.17) is 4.74 Å². The smallest absolute Gasteiger partial charge is 0.328 e. The monoisotopic (exact) mass is 274 g/mol. The Bertz CT molecular complexity index is 741. The highest BCUT2D eigenvalue weighted by atomic mass is 16.5. The van der Waals surface area contributed by atoms with Crippen LogP contribution in [0.15, 0.2) is 23.0 Å². The molecule has 1 aliphatic heterocycles. The number of nitrogens with zero attached hydrogens (tertiary/aromatic N) is 2. The molecule has 1 aliphatic rings. The lowest BCUT2D eigenvalue weighted by Gasteiger charge is -2.07.